The van der Waals surface area contributed by atoms with Gasteiger partial charge in [0.1, 0.15) is 6.04 Å². The monoisotopic (exact) mass is 398 g/mol. The number of hydrogen-bond acceptors (Lipinski definition) is 7. The number of carbonyl (C=O) groups is 3. The quantitative estimate of drug-likeness (QED) is 0.540. The summed E-state index contributed by atoms with van der Waals surface area (Å²) in [6.45, 7) is 3.93. The molecule has 148 valence electrons. The Hall–Kier alpha value is -2.46. The van der Waals surface area contributed by atoms with Gasteiger partial charge in [0.25, 0.3) is 5.91 Å². The Balaban J connectivity index is 2.40. The van der Waals surface area contributed by atoms with Crippen LogP contribution < -0.4 is 0 Å². The summed E-state index contributed by atoms with van der Waals surface area (Å²) >= 11 is 0. The minimum absolute atomic E-state index is 0.0181. The van der Waals surface area contributed by atoms with Gasteiger partial charge in [0, 0.05) is 20.4 Å². The van der Waals surface area contributed by atoms with Crippen molar-refractivity contribution in [1.29, 1.82) is 0 Å². The van der Waals surface area contributed by atoms with Gasteiger partial charge in [-0.1, -0.05) is 17.7 Å². The number of esters is 1. The van der Waals surface area contributed by atoms with Crippen molar-refractivity contribution in [2.45, 2.75) is 44.2 Å². The molecule has 1 saturated heterocycles. The van der Waals surface area contributed by atoms with Crippen molar-refractivity contribution in [3.63, 3.8) is 0 Å². The predicted octanol–water partition coefficient (Wildman–Crippen LogP) is 0.626. The number of sulfonamides is 1. The molecule has 1 heterocycles. The number of hydroxylamine groups is 2. The van der Waals surface area contributed by atoms with Crippen molar-refractivity contribution in [1.82, 2.24) is 9.37 Å². The first-order valence-electron chi connectivity index (χ1n) is 8.22. The van der Waals surface area contributed by atoms with E-state index in [2.05, 4.69) is 0 Å². The zero-order valence-corrected chi connectivity index (χ0v) is 16.4. The highest BCUT2D eigenvalue weighted by molar-refractivity contribution is 7.89. The first kappa shape index (κ1) is 20.8. The van der Waals surface area contributed by atoms with E-state index in [1.54, 1.807) is 12.1 Å². The Kier molecular flexibility index (Phi) is 6.22. The molecule has 0 aromatic heterocycles. The Morgan fingerprint density at radius 3 is 2.22 bits per heavy atom. The largest absolute Gasteiger partial charge is 0.468 e. The van der Waals surface area contributed by atoms with Crippen molar-refractivity contribution in [3.05, 3.63) is 29.8 Å². The van der Waals surface area contributed by atoms with E-state index in [-0.39, 0.29) is 17.9 Å². The molecule has 2 rings (SSSR count). The molecular formula is C17H22N2O7S. The second-order valence-corrected chi connectivity index (χ2v) is 8.13. The van der Waals surface area contributed by atoms with Gasteiger partial charge < -0.3 is 9.57 Å². The zero-order chi connectivity index (χ0) is 20.4. The highest BCUT2D eigenvalue weighted by atomic mass is 32.2. The minimum Gasteiger partial charge on any atom is -0.468 e. The normalized spacial score (nSPS) is 20.1. The first-order valence-corrected chi connectivity index (χ1v) is 9.66. The summed E-state index contributed by atoms with van der Waals surface area (Å²) < 4.78 is 31.8. The molecule has 2 atom stereocenters. The van der Waals surface area contributed by atoms with Crippen LogP contribution in [0.15, 0.2) is 29.2 Å². The Morgan fingerprint density at radius 2 is 1.74 bits per heavy atom. The maximum absolute atomic E-state index is 13.0. The number of methoxy groups -OCH3 is 1. The Bertz CT molecular complexity index is 835. The van der Waals surface area contributed by atoms with Crippen molar-refractivity contribution >= 4 is 27.9 Å². The van der Waals surface area contributed by atoms with Gasteiger partial charge in [0.2, 0.25) is 10.0 Å². The lowest BCUT2D eigenvalue weighted by Crippen LogP contribution is -2.43. The molecule has 1 aliphatic rings. The molecule has 0 unspecified atom stereocenters. The molecule has 1 fully saturated rings. The third-order valence-corrected chi connectivity index (χ3v) is 6.09. The van der Waals surface area contributed by atoms with Crippen LogP contribution in [-0.2, 0) is 34.0 Å². The number of rotatable bonds is 4. The summed E-state index contributed by atoms with van der Waals surface area (Å²) in [6, 6.07) is 4.24. The number of nitrogens with zero attached hydrogens (tertiary/aromatic N) is 2. The van der Waals surface area contributed by atoms with Gasteiger partial charge in [-0.05, 0) is 25.5 Å². The fraction of sp³-hybridized carbons (Fsp3) is 0.471. The maximum atomic E-state index is 13.0. The molecule has 0 radical (unpaired) electrons. The lowest BCUT2D eigenvalue weighted by atomic mass is 10.1. The maximum Gasteiger partial charge on any atom is 0.329 e. The highest BCUT2D eigenvalue weighted by Crippen LogP contribution is 2.30. The van der Waals surface area contributed by atoms with Crippen molar-refractivity contribution in [2.75, 3.05) is 13.7 Å². The SMILES string of the molecule is COC(=O)[C@@H]1C[C@H](N(OC(C)=O)C(C)=O)CN1S(=O)(=O)c1ccc(C)cc1. The van der Waals surface area contributed by atoms with Gasteiger partial charge in [-0.15, -0.1) is 0 Å². The van der Waals surface area contributed by atoms with Crippen LogP contribution in [0.1, 0.15) is 25.8 Å². The summed E-state index contributed by atoms with van der Waals surface area (Å²) in [4.78, 5) is 40.2. The standard InChI is InChI=1S/C17H22N2O7S/c1-11-5-7-15(8-6-11)27(23,24)18-10-14(9-16(18)17(22)25-4)19(12(2)20)26-13(3)21/h5-8,14,16H,9-10H2,1-4H3/t14-,16-/m0/s1. The van der Waals surface area contributed by atoms with Gasteiger partial charge >= 0.3 is 11.9 Å². The molecular weight excluding hydrogens is 376 g/mol. The third-order valence-electron chi connectivity index (χ3n) is 4.20. The summed E-state index contributed by atoms with van der Waals surface area (Å²) in [6.07, 6.45) is -0.0510. The average Bonchev–Trinajstić information content (AvgIpc) is 3.04. The molecule has 1 aromatic carbocycles. The van der Waals surface area contributed by atoms with Crippen molar-refractivity contribution < 1.29 is 32.4 Å². The van der Waals surface area contributed by atoms with E-state index in [1.807, 2.05) is 6.92 Å². The number of benzene rings is 1. The van der Waals surface area contributed by atoms with E-state index in [0.29, 0.717) is 0 Å². The second kappa shape index (κ2) is 8.05. The van der Waals surface area contributed by atoms with Crippen molar-refractivity contribution in [3.8, 4) is 0 Å². The second-order valence-electron chi connectivity index (χ2n) is 6.24. The lowest BCUT2D eigenvalue weighted by Gasteiger charge is -2.25. The van der Waals surface area contributed by atoms with Gasteiger partial charge in [-0.2, -0.15) is 9.37 Å². The minimum atomic E-state index is -4.03. The van der Waals surface area contributed by atoms with E-state index >= 15 is 0 Å². The number of ether oxygens (including phenoxy) is 1. The van der Waals surface area contributed by atoms with Crippen LogP contribution >= 0.6 is 0 Å². The molecule has 1 amide bonds. The topological polar surface area (TPSA) is 110 Å². The van der Waals surface area contributed by atoms with Gasteiger partial charge in [0.15, 0.2) is 0 Å². The van der Waals surface area contributed by atoms with Crippen LogP contribution in [0.5, 0.6) is 0 Å². The molecule has 0 bridgehead atoms. The van der Waals surface area contributed by atoms with Crippen LogP contribution in [0.2, 0.25) is 0 Å². The van der Waals surface area contributed by atoms with Crippen LogP contribution in [0, 0.1) is 6.92 Å². The first-order chi connectivity index (χ1) is 12.6. The molecule has 1 aliphatic heterocycles. The molecule has 10 heteroatoms. The number of aryl methyl sites for hydroxylation is 1. The Labute approximate surface area is 157 Å². The van der Waals surface area contributed by atoms with Crippen LogP contribution in [0.4, 0.5) is 0 Å². The third kappa shape index (κ3) is 4.45. The molecule has 1 aromatic rings. The predicted molar refractivity (Wildman–Crippen MR) is 93.6 cm³/mol. The highest BCUT2D eigenvalue weighted by Gasteiger charge is 2.47. The van der Waals surface area contributed by atoms with Crippen LogP contribution in [0.25, 0.3) is 0 Å². The average molecular weight is 398 g/mol. The molecule has 9 nitrogen and oxygen atoms in total. The van der Waals surface area contributed by atoms with E-state index in [4.69, 9.17) is 9.57 Å². The smallest absolute Gasteiger partial charge is 0.329 e. The molecule has 0 aliphatic carbocycles. The summed E-state index contributed by atoms with van der Waals surface area (Å²) in [5.74, 6) is -2.05. The van der Waals surface area contributed by atoms with Gasteiger partial charge in [-0.3, -0.25) is 14.4 Å². The fourth-order valence-electron chi connectivity index (χ4n) is 2.95. The van der Waals surface area contributed by atoms with Crippen LogP contribution in [-0.4, -0.2) is 61.4 Å². The molecule has 0 N–H and O–H groups in total. The molecule has 0 spiro atoms. The van der Waals surface area contributed by atoms with Crippen molar-refractivity contribution in [2.24, 2.45) is 0 Å². The number of hydrogen-bond donors (Lipinski definition) is 0. The summed E-state index contributed by atoms with van der Waals surface area (Å²) in [5.41, 5.74) is 0.885. The lowest BCUT2D eigenvalue weighted by molar-refractivity contribution is -0.203. The zero-order valence-electron chi connectivity index (χ0n) is 15.5. The van der Waals surface area contributed by atoms with Crippen LogP contribution in [0.3, 0.4) is 0 Å². The fourth-order valence-corrected chi connectivity index (χ4v) is 4.58. The summed E-state index contributed by atoms with van der Waals surface area (Å²) in [7, 11) is -2.87. The van der Waals surface area contributed by atoms with E-state index in [0.717, 1.165) is 29.0 Å². The molecule has 27 heavy (non-hydrogen) atoms. The van der Waals surface area contributed by atoms with Gasteiger partial charge in [0.05, 0.1) is 18.0 Å². The van der Waals surface area contributed by atoms with E-state index in [1.165, 1.54) is 19.1 Å². The van der Waals surface area contributed by atoms with Gasteiger partial charge in [-0.25, -0.2) is 8.42 Å². The Morgan fingerprint density at radius 1 is 1.15 bits per heavy atom. The molecule has 0 saturated carbocycles. The van der Waals surface area contributed by atoms with E-state index < -0.39 is 40.0 Å². The number of carbonyl (C=O) groups excluding carboxylic acids is 3. The summed E-state index contributed by atoms with van der Waals surface area (Å²) in [5, 5.41) is 0.808. The van der Waals surface area contributed by atoms with E-state index in [9.17, 15) is 22.8 Å². The number of amides is 1.